The summed E-state index contributed by atoms with van der Waals surface area (Å²) in [5.41, 5.74) is 2.01. The molecule has 0 radical (unpaired) electrons. The lowest BCUT2D eigenvalue weighted by Gasteiger charge is -2.20. The van der Waals surface area contributed by atoms with Gasteiger partial charge in [-0.15, -0.1) is 0 Å². The highest BCUT2D eigenvalue weighted by Gasteiger charge is 2.20. The molecule has 15 heavy (non-hydrogen) atoms. The lowest BCUT2D eigenvalue weighted by molar-refractivity contribution is 0.659. The van der Waals surface area contributed by atoms with Crippen LogP contribution in [0.2, 0.25) is 5.15 Å². The number of halogens is 1. The minimum atomic E-state index is 0.454. The van der Waals surface area contributed by atoms with Crippen molar-refractivity contribution in [3.63, 3.8) is 0 Å². The first-order valence-electron chi connectivity index (χ1n) is 5.30. The summed E-state index contributed by atoms with van der Waals surface area (Å²) in [6.45, 7) is 3.97. The van der Waals surface area contributed by atoms with Crippen LogP contribution >= 0.6 is 23.4 Å². The molecule has 0 saturated carbocycles. The van der Waals surface area contributed by atoms with E-state index in [0.717, 1.165) is 17.1 Å². The molecule has 1 aliphatic heterocycles. The zero-order valence-corrected chi connectivity index (χ0v) is 10.7. The van der Waals surface area contributed by atoms with Crippen LogP contribution in [0.4, 0.5) is 0 Å². The van der Waals surface area contributed by atoms with Gasteiger partial charge in [0, 0.05) is 11.3 Å². The second-order valence-corrected chi connectivity index (χ2v) is 5.61. The van der Waals surface area contributed by atoms with Crippen molar-refractivity contribution in [2.24, 2.45) is 0 Å². The van der Waals surface area contributed by atoms with E-state index < -0.39 is 0 Å². The van der Waals surface area contributed by atoms with Crippen LogP contribution in [0.25, 0.3) is 0 Å². The molecule has 1 saturated heterocycles. The third kappa shape index (κ3) is 2.45. The first kappa shape index (κ1) is 11.2. The summed E-state index contributed by atoms with van der Waals surface area (Å²) < 4.78 is 0. The Morgan fingerprint density at radius 2 is 2.07 bits per heavy atom. The van der Waals surface area contributed by atoms with Crippen molar-refractivity contribution in [1.82, 2.24) is 9.97 Å². The highest BCUT2D eigenvalue weighted by atomic mass is 35.5. The molecule has 2 nitrogen and oxygen atoms in total. The normalized spacial score (nSPS) is 21.7. The Balaban J connectivity index is 2.27. The lowest BCUT2D eigenvalue weighted by Crippen LogP contribution is -2.08. The molecule has 0 aliphatic carbocycles. The van der Waals surface area contributed by atoms with E-state index in [1.54, 1.807) is 0 Å². The number of aromatic nitrogens is 2. The summed E-state index contributed by atoms with van der Waals surface area (Å²) in [5.74, 6) is 2.14. The highest BCUT2D eigenvalue weighted by molar-refractivity contribution is 7.99. The van der Waals surface area contributed by atoms with Gasteiger partial charge < -0.3 is 0 Å². The highest BCUT2D eigenvalue weighted by Crippen LogP contribution is 2.37. The van der Waals surface area contributed by atoms with Crippen LogP contribution in [0.5, 0.6) is 0 Å². The standard InChI is InChI=1S/C11H15ClN2S/c1-7-8(2)13-11(14-10(7)12)9-5-3-4-6-15-9/h9H,3-6H2,1-2H3. The summed E-state index contributed by atoms with van der Waals surface area (Å²) in [7, 11) is 0. The van der Waals surface area contributed by atoms with E-state index in [1.807, 2.05) is 25.6 Å². The van der Waals surface area contributed by atoms with Gasteiger partial charge in [0.2, 0.25) is 0 Å². The summed E-state index contributed by atoms with van der Waals surface area (Å²) in [5, 5.41) is 1.07. The molecule has 1 aliphatic rings. The molecule has 1 aromatic rings. The first-order chi connectivity index (χ1) is 7.18. The third-order valence-corrected chi connectivity index (χ3v) is 4.56. The molecule has 1 atom stereocenters. The van der Waals surface area contributed by atoms with E-state index in [9.17, 15) is 0 Å². The fraction of sp³-hybridized carbons (Fsp3) is 0.636. The zero-order chi connectivity index (χ0) is 10.8. The van der Waals surface area contributed by atoms with Gasteiger partial charge >= 0.3 is 0 Å². The van der Waals surface area contributed by atoms with E-state index in [-0.39, 0.29) is 0 Å². The Labute approximate surface area is 99.8 Å². The van der Waals surface area contributed by atoms with Gasteiger partial charge in [-0.25, -0.2) is 9.97 Å². The number of hydrogen-bond acceptors (Lipinski definition) is 3. The molecule has 1 fully saturated rings. The summed E-state index contributed by atoms with van der Waals surface area (Å²) in [6.07, 6.45) is 3.79. The maximum absolute atomic E-state index is 6.08. The topological polar surface area (TPSA) is 25.8 Å². The summed E-state index contributed by atoms with van der Waals surface area (Å²) in [6, 6.07) is 0. The fourth-order valence-electron chi connectivity index (χ4n) is 1.70. The van der Waals surface area contributed by atoms with Crippen molar-refractivity contribution in [3.8, 4) is 0 Å². The Kier molecular flexibility index (Phi) is 3.52. The van der Waals surface area contributed by atoms with Crippen molar-refractivity contribution in [2.45, 2.75) is 38.4 Å². The molecule has 4 heteroatoms. The van der Waals surface area contributed by atoms with E-state index in [4.69, 9.17) is 11.6 Å². The van der Waals surface area contributed by atoms with Crippen LogP contribution in [0, 0.1) is 13.8 Å². The molecule has 0 N–H and O–H groups in total. The monoisotopic (exact) mass is 242 g/mol. The molecule has 0 spiro atoms. The molecule has 2 rings (SSSR count). The van der Waals surface area contributed by atoms with Crippen molar-refractivity contribution in [3.05, 3.63) is 22.2 Å². The minimum Gasteiger partial charge on any atom is -0.237 e. The minimum absolute atomic E-state index is 0.454. The largest absolute Gasteiger partial charge is 0.237 e. The number of thioether (sulfide) groups is 1. The van der Waals surface area contributed by atoms with Gasteiger partial charge in [0.15, 0.2) is 0 Å². The molecule has 82 valence electrons. The van der Waals surface area contributed by atoms with Gasteiger partial charge in [-0.05, 0) is 32.4 Å². The van der Waals surface area contributed by atoms with Crippen LogP contribution < -0.4 is 0 Å². The van der Waals surface area contributed by atoms with Crippen LogP contribution in [0.3, 0.4) is 0 Å². The molecule has 1 aromatic heterocycles. The van der Waals surface area contributed by atoms with Crippen molar-refractivity contribution in [1.29, 1.82) is 0 Å². The van der Waals surface area contributed by atoms with E-state index >= 15 is 0 Å². The van der Waals surface area contributed by atoms with Gasteiger partial charge in [-0.1, -0.05) is 18.0 Å². The van der Waals surface area contributed by atoms with Crippen LogP contribution in [-0.2, 0) is 0 Å². The number of nitrogens with zero attached hydrogens (tertiary/aromatic N) is 2. The molecular weight excluding hydrogens is 228 g/mol. The Morgan fingerprint density at radius 3 is 2.67 bits per heavy atom. The maximum Gasteiger partial charge on any atom is 0.143 e. The Bertz CT molecular complexity index is 339. The van der Waals surface area contributed by atoms with Gasteiger partial charge in [-0.3, -0.25) is 0 Å². The van der Waals surface area contributed by atoms with Crippen molar-refractivity contribution >= 4 is 23.4 Å². The first-order valence-corrected chi connectivity index (χ1v) is 6.73. The average Bonchev–Trinajstić information content (AvgIpc) is 2.26. The molecule has 0 bridgehead atoms. The smallest absolute Gasteiger partial charge is 0.143 e. The zero-order valence-electron chi connectivity index (χ0n) is 9.09. The summed E-state index contributed by atoms with van der Waals surface area (Å²) >= 11 is 8.03. The molecule has 0 amide bonds. The van der Waals surface area contributed by atoms with E-state index in [0.29, 0.717) is 10.4 Å². The predicted octanol–water partition coefficient (Wildman–Crippen LogP) is 3.71. The fourth-order valence-corrected chi connectivity index (χ4v) is 3.17. The average molecular weight is 243 g/mol. The Morgan fingerprint density at radius 1 is 1.27 bits per heavy atom. The quantitative estimate of drug-likeness (QED) is 0.703. The van der Waals surface area contributed by atoms with Crippen LogP contribution in [-0.4, -0.2) is 15.7 Å². The second kappa shape index (κ2) is 4.71. The molecule has 0 aromatic carbocycles. The number of rotatable bonds is 1. The van der Waals surface area contributed by atoms with Crippen LogP contribution in [0.1, 0.15) is 41.6 Å². The van der Waals surface area contributed by atoms with Crippen molar-refractivity contribution < 1.29 is 0 Å². The van der Waals surface area contributed by atoms with Gasteiger partial charge in [0.1, 0.15) is 11.0 Å². The summed E-state index contributed by atoms with van der Waals surface area (Å²) in [4.78, 5) is 8.93. The van der Waals surface area contributed by atoms with E-state index in [1.165, 1.54) is 25.0 Å². The van der Waals surface area contributed by atoms with Crippen molar-refractivity contribution in [2.75, 3.05) is 5.75 Å². The number of hydrogen-bond donors (Lipinski definition) is 0. The lowest BCUT2D eigenvalue weighted by atomic mass is 10.1. The Hall–Kier alpha value is -0.280. The third-order valence-electron chi connectivity index (χ3n) is 2.81. The molecule has 2 heterocycles. The second-order valence-electron chi connectivity index (χ2n) is 3.94. The van der Waals surface area contributed by atoms with Gasteiger partial charge in [-0.2, -0.15) is 11.8 Å². The maximum atomic E-state index is 6.08. The van der Waals surface area contributed by atoms with Crippen LogP contribution in [0.15, 0.2) is 0 Å². The van der Waals surface area contributed by atoms with Gasteiger partial charge in [0.05, 0.1) is 5.25 Å². The molecule has 1 unspecified atom stereocenters. The SMILES string of the molecule is Cc1nc(C2CCCCS2)nc(Cl)c1C. The van der Waals surface area contributed by atoms with Gasteiger partial charge in [0.25, 0.3) is 0 Å². The predicted molar refractivity (Wildman–Crippen MR) is 65.6 cm³/mol. The number of aryl methyl sites for hydroxylation is 1. The van der Waals surface area contributed by atoms with E-state index in [2.05, 4.69) is 9.97 Å². The molecular formula is C11H15ClN2S.